The largest absolute Gasteiger partial charge is 0.381 e. The summed E-state index contributed by atoms with van der Waals surface area (Å²) in [7, 11) is 0. The highest BCUT2D eigenvalue weighted by Gasteiger charge is 2.42. The molecule has 0 N–H and O–H groups in total. The Labute approximate surface area is 151 Å². The van der Waals surface area contributed by atoms with Crippen LogP contribution in [0.15, 0.2) is 0 Å². The van der Waals surface area contributed by atoms with E-state index in [4.69, 9.17) is 4.74 Å². The molecule has 5 nitrogen and oxygen atoms in total. The van der Waals surface area contributed by atoms with Crippen LogP contribution in [-0.2, 0) is 14.3 Å². The molecule has 0 aromatic rings. The summed E-state index contributed by atoms with van der Waals surface area (Å²) in [5, 5.41) is 0. The van der Waals surface area contributed by atoms with Crippen LogP contribution in [0, 0.1) is 17.3 Å². The number of hydrogen-bond acceptors (Lipinski definition) is 3. The molecule has 0 bridgehead atoms. The van der Waals surface area contributed by atoms with Crippen molar-refractivity contribution >= 4 is 11.8 Å². The second-order valence-electron chi connectivity index (χ2n) is 8.86. The monoisotopic (exact) mass is 348 g/mol. The Morgan fingerprint density at radius 1 is 1.04 bits per heavy atom. The van der Waals surface area contributed by atoms with Crippen LogP contribution in [0.4, 0.5) is 0 Å². The maximum Gasteiger partial charge on any atom is 0.222 e. The molecule has 0 atom stereocenters. The van der Waals surface area contributed by atoms with Gasteiger partial charge in [0.25, 0.3) is 0 Å². The summed E-state index contributed by atoms with van der Waals surface area (Å²) in [6.45, 7) is 5.30. The van der Waals surface area contributed by atoms with Crippen molar-refractivity contribution in [3.05, 3.63) is 0 Å². The van der Waals surface area contributed by atoms with Crippen molar-refractivity contribution in [2.24, 2.45) is 17.3 Å². The highest BCUT2D eigenvalue weighted by molar-refractivity contribution is 5.78. The molecule has 4 aliphatic rings. The van der Waals surface area contributed by atoms with Crippen molar-refractivity contribution in [3.8, 4) is 0 Å². The number of nitrogens with zero attached hydrogens (tertiary/aromatic N) is 2. The number of likely N-dealkylation sites (tertiary alicyclic amines) is 2. The zero-order chi connectivity index (χ0) is 17.3. The molecule has 3 aliphatic heterocycles. The van der Waals surface area contributed by atoms with Gasteiger partial charge in [-0.2, -0.15) is 0 Å². The van der Waals surface area contributed by atoms with Gasteiger partial charge in [-0.05, 0) is 62.2 Å². The maximum atomic E-state index is 12.4. The van der Waals surface area contributed by atoms with Crippen molar-refractivity contribution in [1.82, 2.24) is 9.80 Å². The van der Waals surface area contributed by atoms with Gasteiger partial charge in [0.2, 0.25) is 11.8 Å². The molecule has 1 spiro atoms. The van der Waals surface area contributed by atoms with Gasteiger partial charge in [0.15, 0.2) is 0 Å². The molecule has 0 aromatic carbocycles. The Bertz CT molecular complexity index is 503. The van der Waals surface area contributed by atoms with Gasteiger partial charge in [0.05, 0.1) is 0 Å². The molecule has 1 aliphatic carbocycles. The average molecular weight is 348 g/mol. The van der Waals surface area contributed by atoms with E-state index in [9.17, 15) is 9.59 Å². The van der Waals surface area contributed by atoms with Gasteiger partial charge in [-0.15, -0.1) is 0 Å². The number of carbonyl (C=O) groups is 2. The predicted octanol–water partition coefficient (Wildman–Crippen LogP) is 2.44. The van der Waals surface area contributed by atoms with E-state index < -0.39 is 0 Å². The van der Waals surface area contributed by atoms with Gasteiger partial charge in [0.1, 0.15) is 0 Å². The van der Waals surface area contributed by atoms with Gasteiger partial charge >= 0.3 is 0 Å². The first-order valence-electron chi connectivity index (χ1n) is 10.3. The molecule has 5 heteroatoms. The van der Waals surface area contributed by atoms with Crippen molar-refractivity contribution in [2.75, 3.05) is 39.4 Å². The van der Waals surface area contributed by atoms with E-state index in [0.717, 1.165) is 77.9 Å². The van der Waals surface area contributed by atoms with E-state index in [2.05, 4.69) is 9.80 Å². The Hall–Kier alpha value is -1.10. The SMILES string of the molecule is O=C(CC1CC1)N1CCC2(CCC(=O)N(CC3CCOCC3)C2)CC1. The third-order valence-electron chi connectivity index (χ3n) is 6.90. The lowest BCUT2D eigenvalue weighted by Crippen LogP contribution is -2.53. The summed E-state index contributed by atoms with van der Waals surface area (Å²) in [4.78, 5) is 29.0. The maximum absolute atomic E-state index is 12.4. The first kappa shape index (κ1) is 17.3. The molecule has 0 aromatic heterocycles. The molecule has 3 heterocycles. The molecule has 3 saturated heterocycles. The van der Waals surface area contributed by atoms with Crippen LogP contribution in [0.5, 0.6) is 0 Å². The molecule has 4 rings (SSSR count). The quantitative estimate of drug-likeness (QED) is 0.784. The molecule has 1 saturated carbocycles. The Balaban J connectivity index is 1.31. The summed E-state index contributed by atoms with van der Waals surface area (Å²) in [6.07, 6.45) is 9.27. The van der Waals surface area contributed by atoms with E-state index >= 15 is 0 Å². The number of ether oxygens (including phenoxy) is 1. The van der Waals surface area contributed by atoms with Crippen LogP contribution in [-0.4, -0.2) is 61.0 Å². The molecule has 0 unspecified atom stereocenters. The van der Waals surface area contributed by atoms with Crippen LogP contribution >= 0.6 is 0 Å². The number of hydrogen-bond donors (Lipinski definition) is 0. The molecule has 2 amide bonds. The van der Waals surface area contributed by atoms with Crippen LogP contribution in [0.1, 0.15) is 57.8 Å². The number of rotatable bonds is 4. The summed E-state index contributed by atoms with van der Waals surface area (Å²) in [5.74, 6) is 1.98. The van der Waals surface area contributed by atoms with Gasteiger partial charge in [-0.25, -0.2) is 0 Å². The average Bonchev–Trinajstić information content (AvgIpc) is 3.44. The smallest absolute Gasteiger partial charge is 0.222 e. The minimum atomic E-state index is 0.259. The molecule has 140 valence electrons. The lowest BCUT2D eigenvalue weighted by Gasteiger charge is -2.48. The molecule has 4 fully saturated rings. The molecular formula is C20H32N2O3. The number of amides is 2. The van der Waals surface area contributed by atoms with Crippen molar-refractivity contribution in [2.45, 2.75) is 57.8 Å². The van der Waals surface area contributed by atoms with E-state index in [1.807, 2.05) is 0 Å². The minimum absolute atomic E-state index is 0.259. The van der Waals surface area contributed by atoms with Gasteiger partial charge < -0.3 is 14.5 Å². The highest BCUT2D eigenvalue weighted by Crippen LogP contribution is 2.41. The normalized spacial score (nSPS) is 27.8. The second-order valence-corrected chi connectivity index (χ2v) is 8.86. The van der Waals surface area contributed by atoms with E-state index in [1.165, 1.54) is 12.8 Å². The lowest BCUT2D eigenvalue weighted by atomic mass is 9.72. The fourth-order valence-electron chi connectivity index (χ4n) is 4.85. The molecular weight excluding hydrogens is 316 g/mol. The lowest BCUT2D eigenvalue weighted by molar-refractivity contribution is -0.143. The standard InChI is InChI=1S/C20H32N2O3/c23-18-3-6-20(15-22(18)14-17-4-11-25-12-5-17)7-9-21(10-8-20)19(24)13-16-1-2-16/h16-17H,1-15H2. The fraction of sp³-hybridized carbons (Fsp3) is 0.900. The number of carbonyl (C=O) groups excluding carboxylic acids is 2. The van der Waals surface area contributed by atoms with Crippen LogP contribution in [0.2, 0.25) is 0 Å². The first-order valence-corrected chi connectivity index (χ1v) is 10.3. The van der Waals surface area contributed by atoms with Gasteiger partial charge in [0, 0.05) is 52.2 Å². The van der Waals surface area contributed by atoms with Crippen LogP contribution in [0.3, 0.4) is 0 Å². The Morgan fingerprint density at radius 2 is 1.76 bits per heavy atom. The van der Waals surface area contributed by atoms with E-state index in [-0.39, 0.29) is 5.41 Å². The first-order chi connectivity index (χ1) is 12.1. The van der Waals surface area contributed by atoms with Gasteiger partial charge in [-0.1, -0.05) is 0 Å². The summed E-state index contributed by atoms with van der Waals surface area (Å²) < 4.78 is 5.45. The summed E-state index contributed by atoms with van der Waals surface area (Å²) >= 11 is 0. The fourth-order valence-corrected chi connectivity index (χ4v) is 4.85. The van der Waals surface area contributed by atoms with Crippen molar-refractivity contribution in [3.63, 3.8) is 0 Å². The Morgan fingerprint density at radius 3 is 2.44 bits per heavy atom. The zero-order valence-corrected chi connectivity index (χ0v) is 15.4. The van der Waals surface area contributed by atoms with Crippen molar-refractivity contribution in [1.29, 1.82) is 0 Å². The van der Waals surface area contributed by atoms with E-state index in [0.29, 0.717) is 30.1 Å². The molecule has 25 heavy (non-hydrogen) atoms. The second kappa shape index (κ2) is 7.26. The molecule has 0 radical (unpaired) electrons. The summed E-state index contributed by atoms with van der Waals surface area (Å²) in [6, 6.07) is 0. The predicted molar refractivity (Wildman–Crippen MR) is 94.9 cm³/mol. The number of piperidine rings is 2. The highest BCUT2D eigenvalue weighted by atomic mass is 16.5. The third-order valence-corrected chi connectivity index (χ3v) is 6.90. The third kappa shape index (κ3) is 4.18. The topological polar surface area (TPSA) is 49.9 Å². The minimum Gasteiger partial charge on any atom is -0.381 e. The Kier molecular flexibility index (Phi) is 5.03. The summed E-state index contributed by atoms with van der Waals surface area (Å²) in [5.41, 5.74) is 0.259. The zero-order valence-electron chi connectivity index (χ0n) is 15.4. The van der Waals surface area contributed by atoms with Gasteiger partial charge in [-0.3, -0.25) is 9.59 Å². The van der Waals surface area contributed by atoms with Crippen LogP contribution < -0.4 is 0 Å². The van der Waals surface area contributed by atoms with Crippen molar-refractivity contribution < 1.29 is 14.3 Å². The van der Waals surface area contributed by atoms with E-state index in [1.54, 1.807) is 0 Å². The van der Waals surface area contributed by atoms with Crippen LogP contribution in [0.25, 0.3) is 0 Å².